The maximum Gasteiger partial charge on any atom is 0.285 e. The number of amides is 1. The Balaban J connectivity index is 2.13. The third-order valence-electron chi connectivity index (χ3n) is 3.04. The molecule has 0 fully saturated rings. The molecule has 0 unspecified atom stereocenters. The third kappa shape index (κ3) is 4.90. The van der Waals surface area contributed by atoms with Gasteiger partial charge in [0.25, 0.3) is 15.3 Å². The van der Waals surface area contributed by atoms with Crippen molar-refractivity contribution in [3.05, 3.63) is 54.1 Å². The molecular weight excluding hydrogens is 368 g/mol. The van der Waals surface area contributed by atoms with Gasteiger partial charge in [0.2, 0.25) is 0 Å². The van der Waals surface area contributed by atoms with E-state index in [2.05, 4.69) is 4.72 Å². The van der Waals surface area contributed by atoms with Crippen LogP contribution in [0.2, 0.25) is 0 Å². The standard InChI is InChI=1S/C16H17ClN2O3S2/c1-19(2)16(20)23-14-8-6-13(7-9-14)18-24(21,22)15-5-3-4-12(10-15)11-17/h3-10,18H,11H2,1-2H3. The highest BCUT2D eigenvalue weighted by molar-refractivity contribution is 8.13. The van der Waals surface area contributed by atoms with E-state index >= 15 is 0 Å². The number of nitrogens with one attached hydrogen (secondary N) is 1. The zero-order valence-corrected chi connectivity index (χ0v) is 15.6. The molecule has 0 saturated carbocycles. The minimum absolute atomic E-state index is 0.0961. The molecule has 0 aliphatic heterocycles. The van der Waals surface area contributed by atoms with Crippen LogP contribution < -0.4 is 4.72 Å². The number of hydrogen-bond acceptors (Lipinski definition) is 4. The second kappa shape index (κ2) is 7.92. The normalized spacial score (nSPS) is 11.1. The van der Waals surface area contributed by atoms with Crippen molar-refractivity contribution in [2.24, 2.45) is 0 Å². The molecule has 0 aromatic heterocycles. The summed E-state index contributed by atoms with van der Waals surface area (Å²) in [5, 5.41) is -0.0961. The lowest BCUT2D eigenvalue weighted by Crippen LogP contribution is -2.16. The Bertz CT molecular complexity index is 821. The molecule has 0 atom stereocenters. The number of anilines is 1. The van der Waals surface area contributed by atoms with Crippen molar-refractivity contribution in [2.75, 3.05) is 18.8 Å². The number of sulfonamides is 1. The lowest BCUT2D eigenvalue weighted by molar-refractivity contribution is 0.241. The molecule has 0 aliphatic carbocycles. The van der Waals surface area contributed by atoms with Gasteiger partial charge in [-0.1, -0.05) is 12.1 Å². The summed E-state index contributed by atoms with van der Waals surface area (Å²) in [5.41, 5.74) is 1.15. The maximum absolute atomic E-state index is 12.4. The number of halogens is 1. The number of thioether (sulfide) groups is 1. The Kier molecular flexibility index (Phi) is 6.15. The zero-order chi connectivity index (χ0) is 17.7. The highest BCUT2D eigenvalue weighted by Crippen LogP contribution is 2.24. The van der Waals surface area contributed by atoms with Crippen LogP contribution in [0.25, 0.3) is 0 Å². The smallest absolute Gasteiger partial charge is 0.285 e. The van der Waals surface area contributed by atoms with E-state index in [-0.39, 0.29) is 16.0 Å². The van der Waals surface area contributed by atoms with Crippen molar-refractivity contribution < 1.29 is 13.2 Å². The summed E-state index contributed by atoms with van der Waals surface area (Å²) >= 11 is 6.82. The van der Waals surface area contributed by atoms with Crippen LogP contribution in [0.15, 0.2) is 58.3 Å². The van der Waals surface area contributed by atoms with Crippen molar-refractivity contribution in [1.82, 2.24) is 4.90 Å². The maximum atomic E-state index is 12.4. The largest absolute Gasteiger partial charge is 0.339 e. The van der Waals surface area contributed by atoms with Gasteiger partial charge >= 0.3 is 0 Å². The monoisotopic (exact) mass is 384 g/mol. The van der Waals surface area contributed by atoms with Crippen molar-refractivity contribution in [3.8, 4) is 0 Å². The molecule has 2 aromatic rings. The Morgan fingerprint density at radius 1 is 1.17 bits per heavy atom. The number of rotatable bonds is 5. The van der Waals surface area contributed by atoms with Gasteiger partial charge in [0, 0.05) is 30.6 Å². The fourth-order valence-electron chi connectivity index (χ4n) is 1.79. The molecule has 0 aliphatic rings. The van der Waals surface area contributed by atoms with Gasteiger partial charge in [-0.2, -0.15) is 0 Å². The molecule has 0 radical (unpaired) electrons. The Hall–Kier alpha value is -1.70. The number of carbonyl (C=O) groups excluding carboxylic acids is 1. The summed E-state index contributed by atoms with van der Waals surface area (Å²) < 4.78 is 27.3. The minimum Gasteiger partial charge on any atom is -0.339 e. The van der Waals surface area contributed by atoms with E-state index in [0.29, 0.717) is 5.69 Å². The lowest BCUT2D eigenvalue weighted by Gasteiger charge is -2.11. The molecule has 24 heavy (non-hydrogen) atoms. The van der Waals surface area contributed by atoms with Gasteiger partial charge in [0.05, 0.1) is 4.90 Å². The van der Waals surface area contributed by atoms with Gasteiger partial charge in [0.1, 0.15) is 0 Å². The van der Waals surface area contributed by atoms with E-state index in [1.807, 2.05) is 0 Å². The molecule has 0 saturated heterocycles. The topological polar surface area (TPSA) is 66.5 Å². The molecule has 1 N–H and O–H groups in total. The minimum atomic E-state index is -3.69. The van der Waals surface area contributed by atoms with Crippen molar-refractivity contribution in [3.63, 3.8) is 0 Å². The van der Waals surface area contributed by atoms with E-state index in [1.54, 1.807) is 50.5 Å². The average Bonchev–Trinajstić information content (AvgIpc) is 2.56. The number of benzene rings is 2. The predicted molar refractivity (Wildman–Crippen MR) is 98.2 cm³/mol. The molecule has 8 heteroatoms. The first-order chi connectivity index (χ1) is 11.3. The molecule has 2 aromatic carbocycles. The summed E-state index contributed by atoms with van der Waals surface area (Å²) in [4.78, 5) is 14.0. The fraction of sp³-hybridized carbons (Fsp3) is 0.188. The summed E-state index contributed by atoms with van der Waals surface area (Å²) in [5.74, 6) is 0.245. The van der Waals surface area contributed by atoms with Crippen molar-refractivity contribution in [1.29, 1.82) is 0 Å². The SMILES string of the molecule is CN(C)C(=O)Sc1ccc(NS(=O)(=O)c2cccc(CCl)c2)cc1. The molecule has 1 amide bonds. The highest BCUT2D eigenvalue weighted by Gasteiger charge is 2.15. The Morgan fingerprint density at radius 2 is 1.83 bits per heavy atom. The molecule has 0 heterocycles. The van der Waals surface area contributed by atoms with E-state index in [9.17, 15) is 13.2 Å². The quantitative estimate of drug-likeness (QED) is 0.625. The van der Waals surface area contributed by atoms with Crippen LogP contribution in [0.4, 0.5) is 10.5 Å². The van der Waals surface area contributed by atoms with Gasteiger partial charge < -0.3 is 4.90 Å². The number of carbonyl (C=O) groups is 1. The summed E-state index contributed by atoms with van der Waals surface area (Å²) in [6.45, 7) is 0. The van der Waals surface area contributed by atoms with Crippen LogP contribution in [-0.4, -0.2) is 32.7 Å². The average molecular weight is 385 g/mol. The van der Waals surface area contributed by atoms with Crippen LogP contribution in [-0.2, 0) is 15.9 Å². The van der Waals surface area contributed by atoms with Crippen LogP contribution in [0.5, 0.6) is 0 Å². The predicted octanol–water partition coefficient (Wildman–Crippen LogP) is 4.00. The second-order valence-corrected chi connectivity index (χ2v) is 8.15. The first-order valence-electron chi connectivity index (χ1n) is 6.99. The fourth-order valence-corrected chi connectivity index (χ4v) is 3.74. The number of hydrogen-bond donors (Lipinski definition) is 1. The number of nitrogens with zero attached hydrogens (tertiary/aromatic N) is 1. The molecule has 0 spiro atoms. The molecule has 0 bridgehead atoms. The van der Waals surface area contributed by atoms with Crippen LogP contribution >= 0.6 is 23.4 Å². The zero-order valence-electron chi connectivity index (χ0n) is 13.2. The van der Waals surface area contributed by atoms with Crippen molar-refractivity contribution in [2.45, 2.75) is 15.7 Å². The van der Waals surface area contributed by atoms with Crippen LogP contribution in [0.3, 0.4) is 0 Å². The van der Waals surface area contributed by atoms with Gasteiger partial charge in [-0.3, -0.25) is 9.52 Å². The van der Waals surface area contributed by atoms with Gasteiger partial charge in [-0.05, 0) is 53.7 Å². The van der Waals surface area contributed by atoms with Gasteiger partial charge in [0.15, 0.2) is 0 Å². The Labute approximate surface area is 151 Å². The molecule has 5 nitrogen and oxygen atoms in total. The molecule has 2 rings (SSSR count). The summed E-state index contributed by atoms with van der Waals surface area (Å²) in [6, 6.07) is 13.1. The summed E-state index contributed by atoms with van der Waals surface area (Å²) in [6.07, 6.45) is 0. The van der Waals surface area contributed by atoms with E-state index in [4.69, 9.17) is 11.6 Å². The van der Waals surface area contributed by atoms with E-state index < -0.39 is 10.0 Å². The summed E-state index contributed by atoms with van der Waals surface area (Å²) in [7, 11) is -0.339. The number of alkyl halides is 1. The van der Waals surface area contributed by atoms with Crippen LogP contribution in [0.1, 0.15) is 5.56 Å². The molecular formula is C16H17ClN2O3S2. The third-order valence-corrected chi connectivity index (χ3v) is 5.78. The van der Waals surface area contributed by atoms with Crippen molar-refractivity contribution >= 4 is 44.3 Å². The lowest BCUT2D eigenvalue weighted by atomic mass is 10.2. The molecule has 128 valence electrons. The first-order valence-corrected chi connectivity index (χ1v) is 9.82. The van der Waals surface area contributed by atoms with Gasteiger partial charge in [-0.25, -0.2) is 8.42 Å². The van der Waals surface area contributed by atoms with Gasteiger partial charge in [-0.15, -0.1) is 11.6 Å². The second-order valence-electron chi connectivity index (χ2n) is 5.17. The van der Waals surface area contributed by atoms with E-state index in [1.165, 1.54) is 17.0 Å². The first kappa shape index (κ1) is 18.6. The highest BCUT2D eigenvalue weighted by atomic mass is 35.5. The Morgan fingerprint density at radius 3 is 2.42 bits per heavy atom. The van der Waals surface area contributed by atoms with E-state index in [0.717, 1.165) is 22.2 Å². The van der Waals surface area contributed by atoms with Crippen LogP contribution in [0, 0.1) is 0 Å².